The van der Waals surface area contributed by atoms with E-state index in [4.69, 9.17) is 4.74 Å². The summed E-state index contributed by atoms with van der Waals surface area (Å²) in [7, 11) is 0. The minimum atomic E-state index is -0.664. The highest BCUT2D eigenvalue weighted by atomic mass is 16.5. The van der Waals surface area contributed by atoms with Crippen molar-refractivity contribution < 1.29 is 24.5 Å². The fourth-order valence-corrected chi connectivity index (χ4v) is 14.2. The fraction of sp³-hybridized carbons (Fsp3) is 0.911. The molecule has 6 heteroatoms. The summed E-state index contributed by atoms with van der Waals surface area (Å²) in [4.78, 5) is 24.7. The standard InChI is InChI=1S/C90H173NO5/c1-3-5-7-9-11-13-15-17-19-21-23-24-40-43-47-50-54-58-62-66-70-74-78-82-88(93)87(86-92)91-89(94)83-79-75-71-67-63-59-55-51-48-44-41-38-36-34-32-30-28-26-25-27-29-31-33-35-37-39-42-45-49-53-57-61-65-69-73-77-81-85-96-90(95)84-80-76-72-68-64-60-56-52-46-22-20-18-16-14-12-10-8-6-4-2/h18,20,25,27,31,33,87-88,92-93H,3-17,19,21-24,26,28-30,32,34-86H2,1-2H3,(H,91,94)/b20-18-,27-25-,33-31-. The summed E-state index contributed by atoms with van der Waals surface area (Å²) in [6, 6.07) is -0.541. The van der Waals surface area contributed by atoms with Crippen molar-refractivity contribution in [2.45, 2.75) is 514 Å². The van der Waals surface area contributed by atoms with Crippen LogP contribution in [0.4, 0.5) is 0 Å². The third kappa shape index (κ3) is 81.0. The van der Waals surface area contributed by atoms with Gasteiger partial charge >= 0.3 is 5.97 Å². The molecule has 6 nitrogen and oxygen atoms in total. The van der Waals surface area contributed by atoms with Crippen LogP contribution in [0.5, 0.6) is 0 Å². The molecule has 2 unspecified atom stereocenters. The number of carbonyl (C=O) groups is 2. The van der Waals surface area contributed by atoms with Crippen molar-refractivity contribution >= 4 is 11.9 Å². The van der Waals surface area contributed by atoms with Crippen molar-refractivity contribution in [1.82, 2.24) is 5.32 Å². The van der Waals surface area contributed by atoms with E-state index in [9.17, 15) is 19.8 Å². The minimum Gasteiger partial charge on any atom is -0.466 e. The Hall–Kier alpha value is -1.92. The molecule has 0 fully saturated rings. The van der Waals surface area contributed by atoms with Gasteiger partial charge in [-0.2, -0.15) is 0 Å². The van der Waals surface area contributed by atoms with Gasteiger partial charge in [-0.05, 0) is 83.5 Å². The maximum Gasteiger partial charge on any atom is 0.305 e. The predicted molar refractivity (Wildman–Crippen MR) is 426 cm³/mol. The number of rotatable bonds is 84. The lowest BCUT2D eigenvalue weighted by molar-refractivity contribution is -0.143. The predicted octanol–water partition coefficient (Wildman–Crippen LogP) is 29.7. The van der Waals surface area contributed by atoms with Crippen LogP contribution in [0.25, 0.3) is 0 Å². The molecule has 0 saturated heterocycles. The Morgan fingerprint density at radius 3 is 0.802 bits per heavy atom. The minimum absolute atomic E-state index is 0.0194. The van der Waals surface area contributed by atoms with E-state index in [1.165, 1.54) is 424 Å². The Balaban J connectivity index is 3.35. The smallest absolute Gasteiger partial charge is 0.305 e. The van der Waals surface area contributed by atoms with E-state index in [1.807, 2.05) is 0 Å². The number of carbonyl (C=O) groups excluding carboxylic acids is 2. The van der Waals surface area contributed by atoms with Gasteiger partial charge in [-0.1, -0.05) is 442 Å². The van der Waals surface area contributed by atoms with Gasteiger partial charge in [0.25, 0.3) is 0 Å². The van der Waals surface area contributed by atoms with E-state index in [1.54, 1.807) is 0 Å². The molecule has 0 heterocycles. The Kier molecular flexibility index (Phi) is 83.8. The number of hydrogen-bond donors (Lipinski definition) is 3. The normalized spacial score (nSPS) is 12.6. The van der Waals surface area contributed by atoms with E-state index in [0.29, 0.717) is 25.9 Å². The molecule has 0 aliphatic heterocycles. The Morgan fingerprint density at radius 2 is 0.521 bits per heavy atom. The number of aliphatic hydroxyl groups is 2. The molecular formula is C90H173NO5. The van der Waals surface area contributed by atoms with Crippen molar-refractivity contribution in [2.24, 2.45) is 0 Å². The zero-order valence-electron chi connectivity index (χ0n) is 65.4. The molecule has 0 radical (unpaired) electrons. The zero-order valence-corrected chi connectivity index (χ0v) is 65.4. The summed E-state index contributed by atoms with van der Waals surface area (Å²) in [6.45, 7) is 5.01. The largest absolute Gasteiger partial charge is 0.466 e. The highest BCUT2D eigenvalue weighted by Crippen LogP contribution is 2.21. The van der Waals surface area contributed by atoms with Gasteiger partial charge in [0, 0.05) is 12.8 Å². The molecule has 0 aromatic rings. The first-order chi connectivity index (χ1) is 47.5. The third-order valence-electron chi connectivity index (χ3n) is 20.9. The molecule has 0 aromatic carbocycles. The molecule has 0 spiro atoms. The Labute approximate surface area is 602 Å². The molecule has 568 valence electrons. The quantitative estimate of drug-likeness (QED) is 0.0320. The lowest BCUT2D eigenvalue weighted by Crippen LogP contribution is -2.45. The topological polar surface area (TPSA) is 95.9 Å². The maximum absolute atomic E-state index is 12.6. The van der Waals surface area contributed by atoms with Gasteiger partial charge in [0.1, 0.15) is 0 Å². The van der Waals surface area contributed by atoms with Crippen LogP contribution in [-0.4, -0.2) is 47.4 Å². The van der Waals surface area contributed by atoms with Crippen molar-refractivity contribution in [3.63, 3.8) is 0 Å². The summed E-state index contributed by atoms with van der Waals surface area (Å²) in [6.07, 6.45) is 113. The summed E-state index contributed by atoms with van der Waals surface area (Å²) < 4.78 is 5.52. The third-order valence-corrected chi connectivity index (χ3v) is 20.9. The second-order valence-electron chi connectivity index (χ2n) is 30.6. The van der Waals surface area contributed by atoms with Crippen LogP contribution >= 0.6 is 0 Å². The lowest BCUT2D eigenvalue weighted by atomic mass is 10.0. The molecule has 96 heavy (non-hydrogen) atoms. The molecule has 1 amide bonds. The van der Waals surface area contributed by atoms with Gasteiger partial charge in [0.2, 0.25) is 5.91 Å². The summed E-state index contributed by atoms with van der Waals surface area (Å²) >= 11 is 0. The van der Waals surface area contributed by atoms with Crippen LogP contribution in [0.3, 0.4) is 0 Å². The average molecular weight is 1350 g/mol. The van der Waals surface area contributed by atoms with E-state index < -0.39 is 12.1 Å². The molecule has 2 atom stereocenters. The SMILES string of the molecule is CCCCCCCC/C=C\CCCCCCCCCCCC(=O)OCCCCCCCCCCCCCCC/C=C\C/C=C\CCCCCCCCCCCCCCCCCCCC(=O)NC(CO)C(O)CCCCCCCCCCCCCCCCCCCCCCCCC. The van der Waals surface area contributed by atoms with Crippen molar-refractivity contribution in [3.05, 3.63) is 36.5 Å². The Morgan fingerprint density at radius 1 is 0.292 bits per heavy atom. The number of allylic oxidation sites excluding steroid dienone is 6. The second-order valence-corrected chi connectivity index (χ2v) is 30.6. The van der Waals surface area contributed by atoms with Crippen molar-refractivity contribution in [2.75, 3.05) is 13.2 Å². The first-order valence-corrected chi connectivity index (χ1v) is 44.2. The van der Waals surface area contributed by atoms with E-state index in [0.717, 1.165) is 44.9 Å². The van der Waals surface area contributed by atoms with E-state index in [-0.39, 0.29) is 18.5 Å². The molecule has 3 N–H and O–H groups in total. The molecule has 0 bridgehead atoms. The van der Waals surface area contributed by atoms with Gasteiger partial charge < -0.3 is 20.3 Å². The number of unbranched alkanes of at least 4 members (excludes halogenated alkanes) is 67. The molecule has 0 saturated carbocycles. The monoisotopic (exact) mass is 1350 g/mol. The van der Waals surface area contributed by atoms with Crippen LogP contribution in [0, 0.1) is 0 Å². The first kappa shape index (κ1) is 94.1. The number of aliphatic hydroxyl groups excluding tert-OH is 2. The molecule has 0 rings (SSSR count). The van der Waals surface area contributed by atoms with E-state index >= 15 is 0 Å². The highest BCUT2D eigenvalue weighted by Gasteiger charge is 2.20. The number of hydrogen-bond acceptors (Lipinski definition) is 5. The van der Waals surface area contributed by atoms with Gasteiger partial charge in [-0.3, -0.25) is 9.59 Å². The highest BCUT2D eigenvalue weighted by molar-refractivity contribution is 5.76. The van der Waals surface area contributed by atoms with Gasteiger partial charge in [-0.25, -0.2) is 0 Å². The summed E-state index contributed by atoms with van der Waals surface area (Å²) in [5.41, 5.74) is 0. The van der Waals surface area contributed by atoms with Crippen molar-refractivity contribution in [3.8, 4) is 0 Å². The molecular weight excluding hydrogens is 1170 g/mol. The van der Waals surface area contributed by atoms with E-state index in [2.05, 4.69) is 55.6 Å². The maximum atomic E-state index is 12.6. The Bertz CT molecular complexity index is 1560. The van der Waals surface area contributed by atoms with Crippen LogP contribution in [0.15, 0.2) is 36.5 Å². The molecule has 0 aliphatic carbocycles. The zero-order chi connectivity index (χ0) is 69.1. The van der Waals surface area contributed by atoms with Gasteiger partial charge in [0.05, 0.1) is 25.4 Å². The fourth-order valence-electron chi connectivity index (χ4n) is 14.2. The summed E-state index contributed by atoms with van der Waals surface area (Å²) in [5.74, 6) is -0.00690. The number of esters is 1. The van der Waals surface area contributed by atoms with Gasteiger partial charge in [0.15, 0.2) is 0 Å². The second kappa shape index (κ2) is 85.5. The molecule has 0 aliphatic rings. The average Bonchev–Trinajstić information content (AvgIpc) is 3.69. The van der Waals surface area contributed by atoms with Crippen LogP contribution < -0.4 is 5.32 Å². The first-order valence-electron chi connectivity index (χ1n) is 44.2. The van der Waals surface area contributed by atoms with Crippen LogP contribution in [0.1, 0.15) is 502 Å². The lowest BCUT2D eigenvalue weighted by Gasteiger charge is -2.22. The number of ether oxygens (including phenoxy) is 1. The number of nitrogens with one attached hydrogen (secondary N) is 1. The molecule has 0 aromatic heterocycles. The number of amides is 1. The summed E-state index contributed by atoms with van der Waals surface area (Å²) in [5, 5.41) is 23.5. The van der Waals surface area contributed by atoms with Crippen LogP contribution in [0.2, 0.25) is 0 Å². The van der Waals surface area contributed by atoms with Gasteiger partial charge in [-0.15, -0.1) is 0 Å². The van der Waals surface area contributed by atoms with Crippen molar-refractivity contribution in [1.29, 1.82) is 0 Å². The van der Waals surface area contributed by atoms with Crippen LogP contribution in [-0.2, 0) is 14.3 Å².